The first-order valence-electron chi connectivity index (χ1n) is 11.1. The highest BCUT2D eigenvalue weighted by Crippen LogP contribution is 2.44. The Hall–Kier alpha value is -3.00. The van der Waals surface area contributed by atoms with Crippen molar-refractivity contribution in [3.63, 3.8) is 0 Å². The van der Waals surface area contributed by atoms with Crippen molar-refractivity contribution in [2.75, 3.05) is 25.2 Å². The second kappa shape index (κ2) is 11.7. The van der Waals surface area contributed by atoms with Gasteiger partial charge in [-0.1, -0.05) is 55.5 Å². The molecule has 0 heterocycles. The maximum Gasteiger partial charge on any atom is 0.407 e. The van der Waals surface area contributed by atoms with Crippen LogP contribution in [-0.2, 0) is 14.3 Å². The van der Waals surface area contributed by atoms with Crippen molar-refractivity contribution in [2.24, 2.45) is 5.92 Å². The van der Waals surface area contributed by atoms with Gasteiger partial charge in [-0.25, -0.2) is 4.79 Å². The number of carbonyl (C=O) groups excluding carboxylic acids is 2. The van der Waals surface area contributed by atoms with Gasteiger partial charge < -0.3 is 20.5 Å². The van der Waals surface area contributed by atoms with E-state index in [1.54, 1.807) is 18.7 Å². The molecule has 176 valence electrons. The van der Waals surface area contributed by atoms with Crippen LogP contribution in [0.15, 0.2) is 48.5 Å². The van der Waals surface area contributed by atoms with E-state index in [1.807, 2.05) is 42.7 Å². The van der Waals surface area contributed by atoms with Gasteiger partial charge >= 0.3 is 12.1 Å². The molecule has 7 nitrogen and oxygen atoms in total. The Morgan fingerprint density at radius 2 is 1.67 bits per heavy atom. The van der Waals surface area contributed by atoms with Crippen molar-refractivity contribution in [3.05, 3.63) is 59.7 Å². The molecule has 33 heavy (non-hydrogen) atoms. The fourth-order valence-corrected chi connectivity index (χ4v) is 4.51. The average molecular weight is 471 g/mol. The molecule has 0 fully saturated rings. The highest BCUT2D eigenvalue weighted by molar-refractivity contribution is 7.98. The molecule has 0 spiro atoms. The van der Waals surface area contributed by atoms with Crippen molar-refractivity contribution in [2.45, 2.75) is 31.7 Å². The van der Waals surface area contributed by atoms with Crippen LogP contribution in [0.3, 0.4) is 0 Å². The number of thioether (sulfide) groups is 1. The Labute approximate surface area is 198 Å². The molecule has 0 aromatic heterocycles. The predicted octanol–water partition coefficient (Wildman–Crippen LogP) is 3.87. The second-order valence-electron chi connectivity index (χ2n) is 7.99. The van der Waals surface area contributed by atoms with E-state index in [2.05, 4.69) is 22.8 Å². The van der Waals surface area contributed by atoms with Gasteiger partial charge in [0.05, 0.1) is 5.92 Å². The van der Waals surface area contributed by atoms with Crippen LogP contribution in [0.1, 0.15) is 36.8 Å². The predicted molar refractivity (Wildman–Crippen MR) is 129 cm³/mol. The van der Waals surface area contributed by atoms with E-state index >= 15 is 0 Å². The van der Waals surface area contributed by atoms with E-state index in [9.17, 15) is 19.5 Å². The van der Waals surface area contributed by atoms with Crippen molar-refractivity contribution in [3.8, 4) is 11.1 Å². The number of fused-ring (bicyclic) bond motifs is 3. The summed E-state index contributed by atoms with van der Waals surface area (Å²) in [5.41, 5.74) is 4.51. The molecule has 8 heteroatoms. The van der Waals surface area contributed by atoms with E-state index in [0.717, 1.165) is 22.3 Å². The Balaban J connectivity index is 1.61. The van der Waals surface area contributed by atoms with Gasteiger partial charge in [0.25, 0.3) is 0 Å². The Morgan fingerprint density at radius 1 is 1.06 bits per heavy atom. The minimum Gasteiger partial charge on any atom is -0.481 e. The highest BCUT2D eigenvalue weighted by atomic mass is 32.2. The topological polar surface area (TPSA) is 105 Å². The first-order chi connectivity index (χ1) is 16.0. The fourth-order valence-electron chi connectivity index (χ4n) is 4.04. The summed E-state index contributed by atoms with van der Waals surface area (Å²) in [6.07, 6.45) is 2.08. The van der Waals surface area contributed by atoms with E-state index in [0.29, 0.717) is 18.6 Å². The van der Waals surface area contributed by atoms with Gasteiger partial charge in [-0.05, 0) is 47.1 Å². The summed E-state index contributed by atoms with van der Waals surface area (Å²) in [5.74, 6) is -1.43. The molecule has 1 aliphatic carbocycles. The molecular formula is C25H30N2O5S. The van der Waals surface area contributed by atoms with E-state index in [-0.39, 0.29) is 19.1 Å². The molecular weight excluding hydrogens is 440 g/mol. The summed E-state index contributed by atoms with van der Waals surface area (Å²) < 4.78 is 5.55. The average Bonchev–Trinajstić information content (AvgIpc) is 3.14. The maximum atomic E-state index is 12.6. The summed E-state index contributed by atoms with van der Waals surface area (Å²) in [7, 11) is 0. The van der Waals surface area contributed by atoms with E-state index in [1.165, 1.54) is 0 Å². The van der Waals surface area contributed by atoms with Crippen LogP contribution in [0.4, 0.5) is 4.79 Å². The van der Waals surface area contributed by atoms with Gasteiger partial charge in [-0.2, -0.15) is 11.8 Å². The molecule has 2 atom stereocenters. The van der Waals surface area contributed by atoms with Crippen LogP contribution < -0.4 is 10.6 Å². The second-order valence-corrected chi connectivity index (χ2v) is 8.98. The molecule has 2 aromatic carbocycles. The monoisotopic (exact) mass is 470 g/mol. The number of ether oxygens (including phenoxy) is 1. The molecule has 0 saturated heterocycles. The number of nitrogens with one attached hydrogen (secondary N) is 2. The van der Waals surface area contributed by atoms with Crippen molar-refractivity contribution in [1.29, 1.82) is 0 Å². The van der Waals surface area contributed by atoms with Crippen LogP contribution >= 0.6 is 11.8 Å². The lowest BCUT2D eigenvalue weighted by Gasteiger charge is -2.20. The van der Waals surface area contributed by atoms with Crippen molar-refractivity contribution >= 4 is 29.7 Å². The smallest absolute Gasteiger partial charge is 0.407 e. The normalized spacial score (nSPS) is 14.0. The maximum absolute atomic E-state index is 12.6. The number of carboxylic acid groups (broad SMARTS) is 1. The molecule has 0 radical (unpaired) electrons. The highest BCUT2D eigenvalue weighted by Gasteiger charge is 2.30. The number of carbonyl (C=O) groups is 3. The number of carboxylic acids is 1. The van der Waals surface area contributed by atoms with Crippen LogP contribution in [-0.4, -0.2) is 54.3 Å². The third-order valence-electron chi connectivity index (χ3n) is 5.93. The number of benzene rings is 2. The van der Waals surface area contributed by atoms with Crippen molar-refractivity contribution < 1.29 is 24.2 Å². The Bertz CT molecular complexity index is 951. The quantitative estimate of drug-likeness (QED) is 0.460. The fraction of sp³-hybridized carbons (Fsp3) is 0.400. The first kappa shape index (κ1) is 24.6. The lowest BCUT2D eigenvalue weighted by Crippen LogP contribution is -2.48. The largest absolute Gasteiger partial charge is 0.481 e. The van der Waals surface area contributed by atoms with E-state index in [4.69, 9.17) is 4.74 Å². The van der Waals surface area contributed by atoms with Crippen LogP contribution in [0.2, 0.25) is 0 Å². The third-order valence-corrected chi connectivity index (χ3v) is 6.57. The number of aliphatic carboxylic acids is 1. The molecule has 2 unspecified atom stereocenters. The molecule has 0 aliphatic heterocycles. The summed E-state index contributed by atoms with van der Waals surface area (Å²) in [6, 6.07) is 15.4. The van der Waals surface area contributed by atoms with Gasteiger partial charge in [0.1, 0.15) is 12.6 Å². The standard InChI is InChI=1S/C25H30N2O5S/c1-3-16(24(29)30)14-26-23(28)22(12-13-33-2)27-25(31)32-15-21-19-10-6-4-8-17(19)18-9-5-7-11-20(18)21/h4-11,16,21-22H,3,12-15H2,1-2H3,(H,26,28)(H,27,31)(H,29,30). The molecule has 0 saturated carbocycles. The third kappa shape index (κ3) is 6.07. The summed E-state index contributed by atoms with van der Waals surface area (Å²) in [4.78, 5) is 36.4. The minimum absolute atomic E-state index is 0.0206. The lowest BCUT2D eigenvalue weighted by molar-refractivity contribution is -0.141. The summed E-state index contributed by atoms with van der Waals surface area (Å²) >= 11 is 1.56. The zero-order chi connectivity index (χ0) is 23.8. The summed E-state index contributed by atoms with van der Waals surface area (Å²) in [6.45, 7) is 1.94. The Morgan fingerprint density at radius 3 is 2.21 bits per heavy atom. The molecule has 0 bridgehead atoms. The number of alkyl carbamates (subject to hydrolysis) is 1. The van der Waals surface area contributed by atoms with Crippen molar-refractivity contribution in [1.82, 2.24) is 10.6 Å². The molecule has 2 amide bonds. The lowest BCUT2D eigenvalue weighted by atomic mass is 9.98. The number of amides is 2. The van der Waals surface area contributed by atoms with Gasteiger partial charge in [-0.3, -0.25) is 9.59 Å². The van der Waals surface area contributed by atoms with Gasteiger partial charge in [0.15, 0.2) is 0 Å². The minimum atomic E-state index is -0.956. The molecule has 2 aromatic rings. The number of hydrogen-bond acceptors (Lipinski definition) is 5. The number of hydrogen-bond donors (Lipinski definition) is 3. The molecule has 1 aliphatic rings. The van der Waals surface area contributed by atoms with Gasteiger partial charge in [-0.15, -0.1) is 0 Å². The summed E-state index contributed by atoms with van der Waals surface area (Å²) in [5, 5.41) is 14.5. The Kier molecular flexibility index (Phi) is 8.77. The molecule has 3 rings (SSSR count). The zero-order valence-corrected chi connectivity index (χ0v) is 19.7. The SMILES string of the molecule is CCC(CNC(=O)C(CCSC)NC(=O)OCC1c2ccccc2-c2ccccc21)C(=O)O. The first-order valence-corrected chi connectivity index (χ1v) is 12.5. The van der Waals surface area contributed by atoms with E-state index < -0.39 is 29.9 Å². The van der Waals surface area contributed by atoms with Crippen LogP contribution in [0, 0.1) is 5.92 Å². The van der Waals surface area contributed by atoms with Crippen LogP contribution in [0.25, 0.3) is 11.1 Å². The van der Waals surface area contributed by atoms with Gasteiger partial charge in [0.2, 0.25) is 5.91 Å². The molecule has 3 N–H and O–H groups in total. The van der Waals surface area contributed by atoms with Crippen LogP contribution in [0.5, 0.6) is 0 Å². The van der Waals surface area contributed by atoms with Gasteiger partial charge in [0, 0.05) is 12.5 Å². The number of rotatable bonds is 11. The zero-order valence-electron chi connectivity index (χ0n) is 18.9.